The number of fused-ring (bicyclic) bond motifs is 1. The lowest BCUT2D eigenvalue weighted by molar-refractivity contribution is -0.117. The zero-order valence-corrected chi connectivity index (χ0v) is 18.6. The van der Waals surface area contributed by atoms with Gasteiger partial charge in [-0.15, -0.1) is 0 Å². The minimum atomic E-state index is -5.19. The van der Waals surface area contributed by atoms with Crippen molar-refractivity contribution in [1.82, 2.24) is 0 Å². The van der Waals surface area contributed by atoms with Crippen molar-refractivity contribution in [3.8, 4) is 5.75 Å². The van der Waals surface area contributed by atoms with Gasteiger partial charge in [0, 0.05) is 22.1 Å². The fourth-order valence-electron chi connectivity index (χ4n) is 3.52. The number of hydrogen-bond donors (Lipinski definition) is 6. The number of amides is 1. The molecule has 0 heterocycles. The zero-order valence-electron chi connectivity index (χ0n) is 17.8. The number of nitrogens with two attached hydrogens (primary N) is 1. The van der Waals surface area contributed by atoms with E-state index in [2.05, 4.69) is 16.0 Å². The first-order chi connectivity index (χ1) is 16.2. The number of para-hydroxylation sites is 3. The third-order valence-electron chi connectivity index (χ3n) is 5.22. The van der Waals surface area contributed by atoms with Crippen LogP contribution in [0.15, 0.2) is 91.0 Å². The van der Waals surface area contributed by atoms with E-state index in [0.717, 1.165) is 0 Å². The Labute approximate surface area is 196 Å². The molecule has 0 aliphatic rings. The lowest BCUT2D eigenvalue weighted by atomic mass is 10.1. The summed E-state index contributed by atoms with van der Waals surface area (Å²) in [7, 11) is -5.19. The summed E-state index contributed by atoms with van der Waals surface area (Å²) in [5, 5.41) is 18.8. The van der Waals surface area contributed by atoms with E-state index in [0.29, 0.717) is 16.5 Å². The molecule has 9 nitrogen and oxygen atoms in total. The van der Waals surface area contributed by atoms with Crippen molar-refractivity contribution in [2.24, 2.45) is 0 Å². The maximum Gasteiger partial charge on any atom is 0.319 e. The summed E-state index contributed by atoms with van der Waals surface area (Å²) in [5.74, 6) is -1.14. The number of rotatable bonds is 7. The van der Waals surface area contributed by atoms with Crippen molar-refractivity contribution in [2.45, 2.75) is 4.99 Å². The quantitative estimate of drug-likeness (QED) is 0.133. The summed E-state index contributed by atoms with van der Waals surface area (Å²) >= 11 is 0. The topological polar surface area (TPSA) is 154 Å². The molecule has 0 aliphatic heterocycles. The lowest BCUT2D eigenvalue weighted by Gasteiger charge is -2.33. The number of phenols is 1. The van der Waals surface area contributed by atoms with Gasteiger partial charge in [0.05, 0.1) is 11.4 Å². The van der Waals surface area contributed by atoms with E-state index in [1.165, 1.54) is 24.3 Å². The molecule has 4 aromatic carbocycles. The molecule has 1 atom stereocenters. The van der Waals surface area contributed by atoms with Crippen LogP contribution in [-0.2, 0) is 14.9 Å². The Morgan fingerprint density at radius 1 is 0.765 bits per heavy atom. The molecule has 0 radical (unpaired) electrons. The van der Waals surface area contributed by atoms with Crippen LogP contribution in [0.2, 0.25) is 0 Å². The lowest BCUT2D eigenvalue weighted by Crippen LogP contribution is -2.61. The number of carbonyl (C=O) groups excluding carboxylic acids is 1. The molecule has 0 aromatic heterocycles. The molecule has 0 fully saturated rings. The van der Waals surface area contributed by atoms with Gasteiger partial charge in [0.1, 0.15) is 5.75 Å². The summed E-state index contributed by atoms with van der Waals surface area (Å²) in [6.45, 7) is 0. The van der Waals surface area contributed by atoms with Gasteiger partial charge in [-0.05, 0) is 36.4 Å². The molecule has 0 saturated heterocycles. The molecule has 4 aromatic rings. The molecule has 174 valence electrons. The van der Waals surface area contributed by atoms with Crippen LogP contribution in [0.1, 0.15) is 0 Å². The fourth-order valence-corrected chi connectivity index (χ4v) is 4.29. The first-order valence-electron chi connectivity index (χ1n) is 10.2. The summed E-state index contributed by atoms with van der Waals surface area (Å²) in [4.78, 5) is 10.7. The highest BCUT2D eigenvalue weighted by Gasteiger charge is 2.52. The van der Waals surface area contributed by atoms with Gasteiger partial charge < -0.3 is 26.8 Å². The SMILES string of the molecule is Nc1ccccc1NC(Nc1cccc2c(O)cccc12)(C(=O)Nc1ccccc1)S(=O)(=O)O. The van der Waals surface area contributed by atoms with Crippen LogP contribution in [0.3, 0.4) is 0 Å². The Bertz CT molecular complexity index is 1460. The van der Waals surface area contributed by atoms with Crippen molar-refractivity contribution in [3.05, 3.63) is 91.0 Å². The fraction of sp³-hybridized carbons (Fsp3) is 0.0417. The molecular formula is C24H22N4O5S. The average molecular weight is 479 g/mol. The van der Waals surface area contributed by atoms with Crippen molar-refractivity contribution >= 4 is 49.5 Å². The Morgan fingerprint density at radius 3 is 2.06 bits per heavy atom. The number of hydrogen-bond acceptors (Lipinski definition) is 7. The molecule has 1 unspecified atom stereocenters. The first-order valence-corrected chi connectivity index (χ1v) is 11.6. The molecule has 0 spiro atoms. The summed E-state index contributed by atoms with van der Waals surface area (Å²) in [5.41, 5.74) is 6.71. The van der Waals surface area contributed by atoms with Crippen LogP contribution in [0, 0.1) is 0 Å². The second-order valence-electron chi connectivity index (χ2n) is 7.49. The number of benzene rings is 4. The van der Waals surface area contributed by atoms with E-state index in [4.69, 9.17) is 5.73 Å². The third kappa shape index (κ3) is 4.32. The Morgan fingerprint density at radius 2 is 1.35 bits per heavy atom. The van der Waals surface area contributed by atoms with Crippen LogP contribution in [-0.4, -0.2) is 29.0 Å². The van der Waals surface area contributed by atoms with Crippen molar-refractivity contribution < 1.29 is 22.9 Å². The Hall–Kier alpha value is -4.28. The molecule has 4 rings (SSSR count). The smallest absolute Gasteiger partial charge is 0.319 e. The van der Waals surface area contributed by atoms with Crippen molar-refractivity contribution in [1.29, 1.82) is 0 Å². The molecule has 1 amide bonds. The van der Waals surface area contributed by atoms with Gasteiger partial charge in [0.2, 0.25) is 0 Å². The molecule has 7 N–H and O–H groups in total. The van der Waals surface area contributed by atoms with E-state index < -0.39 is 21.0 Å². The minimum absolute atomic E-state index is 0.0346. The highest BCUT2D eigenvalue weighted by molar-refractivity contribution is 7.88. The van der Waals surface area contributed by atoms with Crippen LogP contribution >= 0.6 is 0 Å². The second-order valence-corrected chi connectivity index (χ2v) is 9.05. The van der Waals surface area contributed by atoms with Gasteiger partial charge in [-0.1, -0.05) is 54.6 Å². The van der Waals surface area contributed by atoms with Gasteiger partial charge in [0.15, 0.2) is 0 Å². The van der Waals surface area contributed by atoms with Gasteiger partial charge in [-0.3, -0.25) is 9.35 Å². The Balaban J connectivity index is 1.90. The molecular weight excluding hydrogens is 456 g/mol. The van der Waals surface area contributed by atoms with E-state index in [-0.39, 0.29) is 22.8 Å². The maximum atomic E-state index is 13.5. The second kappa shape index (κ2) is 8.93. The number of anilines is 4. The number of nitrogen functional groups attached to an aromatic ring is 1. The largest absolute Gasteiger partial charge is 0.507 e. The van der Waals surface area contributed by atoms with E-state index >= 15 is 0 Å². The number of nitrogens with one attached hydrogen (secondary N) is 3. The van der Waals surface area contributed by atoms with Crippen LogP contribution in [0.5, 0.6) is 5.75 Å². The minimum Gasteiger partial charge on any atom is -0.507 e. The van der Waals surface area contributed by atoms with E-state index in [1.54, 1.807) is 66.7 Å². The van der Waals surface area contributed by atoms with Gasteiger partial charge in [0.25, 0.3) is 5.91 Å². The summed E-state index contributed by atoms with van der Waals surface area (Å²) in [6.07, 6.45) is 0. The highest BCUT2D eigenvalue weighted by atomic mass is 32.2. The molecule has 0 saturated carbocycles. The third-order valence-corrected chi connectivity index (χ3v) is 6.38. The standard InChI is InChI=1S/C24H22N4O5S/c25-19-12-4-5-13-21(19)28-24(34(31,32)33,23(30)26-16-8-2-1-3-9-16)27-20-14-6-11-18-17(20)10-7-15-22(18)29/h1-15,27-29H,25H2,(H,26,30)(H,31,32,33). The summed E-state index contributed by atoms with van der Waals surface area (Å²) in [6, 6.07) is 23.8. The zero-order chi connectivity index (χ0) is 24.3. The van der Waals surface area contributed by atoms with Gasteiger partial charge >= 0.3 is 15.1 Å². The predicted octanol–water partition coefficient (Wildman–Crippen LogP) is 3.83. The molecule has 0 aliphatic carbocycles. The Kier molecular flexibility index (Phi) is 6.01. The molecule has 0 bridgehead atoms. The maximum absolute atomic E-state index is 13.5. The van der Waals surface area contributed by atoms with Crippen LogP contribution in [0.25, 0.3) is 10.8 Å². The number of phenolic OH excluding ortho intramolecular Hbond substituents is 1. The monoisotopic (exact) mass is 478 g/mol. The summed E-state index contributed by atoms with van der Waals surface area (Å²) < 4.78 is 36.2. The van der Waals surface area contributed by atoms with E-state index in [1.807, 2.05) is 0 Å². The molecule has 10 heteroatoms. The van der Waals surface area contributed by atoms with Gasteiger partial charge in [-0.25, -0.2) is 0 Å². The molecule has 34 heavy (non-hydrogen) atoms. The van der Waals surface area contributed by atoms with E-state index in [9.17, 15) is 22.9 Å². The van der Waals surface area contributed by atoms with Gasteiger partial charge in [-0.2, -0.15) is 8.42 Å². The predicted molar refractivity (Wildman–Crippen MR) is 133 cm³/mol. The number of aromatic hydroxyl groups is 1. The first kappa shape index (κ1) is 22.9. The normalized spacial score (nSPS) is 13.1. The average Bonchev–Trinajstić information content (AvgIpc) is 2.80. The van der Waals surface area contributed by atoms with Crippen molar-refractivity contribution in [2.75, 3.05) is 21.7 Å². The van der Waals surface area contributed by atoms with Crippen molar-refractivity contribution in [3.63, 3.8) is 0 Å². The number of carbonyl (C=O) groups is 1. The highest BCUT2D eigenvalue weighted by Crippen LogP contribution is 2.34. The van der Waals surface area contributed by atoms with Crippen LogP contribution in [0.4, 0.5) is 22.7 Å². The van der Waals surface area contributed by atoms with Crippen LogP contribution < -0.4 is 21.7 Å².